The van der Waals surface area contributed by atoms with Gasteiger partial charge in [0.2, 0.25) is 0 Å². The normalized spacial score (nSPS) is 11.2. The number of imidazole rings is 1. The molecular formula is C23H19F2N2P. The first kappa shape index (κ1) is 18.5. The van der Waals surface area contributed by atoms with Gasteiger partial charge in [0, 0.05) is 20.3 Å². The smallest absolute Gasteiger partial charge is 0.150 e. The number of halogens is 2. The van der Waals surface area contributed by atoms with Crippen molar-refractivity contribution >= 4 is 24.1 Å². The number of rotatable bonds is 4. The lowest BCUT2D eigenvalue weighted by atomic mass is 10.2. The highest BCUT2D eigenvalue weighted by Crippen LogP contribution is 2.33. The van der Waals surface area contributed by atoms with Gasteiger partial charge in [-0.3, -0.25) is 4.57 Å². The molecule has 0 aliphatic heterocycles. The minimum atomic E-state index is -1.08. The summed E-state index contributed by atoms with van der Waals surface area (Å²) in [6, 6.07) is 20.4. The molecule has 0 aliphatic rings. The Bertz CT molecular complexity index is 1040. The molecule has 0 bridgehead atoms. The van der Waals surface area contributed by atoms with E-state index in [1.807, 2.05) is 13.8 Å². The van der Waals surface area contributed by atoms with Gasteiger partial charge in [-0.2, -0.15) is 0 Å². The minimum absolute atomic E-state index is 0.0956. The highest BCUT2D eigenvalue weighted by molar-refractivity contribution is 7.79. The van der Waals surface area contributed by atoms with E-state index in [2.05, 4.69) is 53.5 Å². The molecule has 3 aromatic carbocycles. The average molecular weight is 392 g/mol. The molecule has 0 aliphatic carbocycles. The summed E-state index contributed by atoms with van der Waals surface area (Å²) in [7, 11) is -1.08. The lowest BCUT2D eigenvalue weighted by Gasteiger charge is -2.20. The van der Waals surface area contributed by atoms with E-state index >= 15 is 0 Å². The molecule has 1 heterocycles. The Kier molecular flexibility index (Phi) is 5.06. The zero-order valence-corrected chi connectivity index (χ0v) is 16.5. The molecule has 4 rings (SSSR count). The summed E-state index contributed by atoms with van der Waals surface area (Å²) < 4.78 is 30.5. The molecule has 28 heavy (non-hydrogen) atoms. The van der Waals surface area contributed by atoms with Crippen molar-refractivity contribution in [2.24, 2.45) is 0 Å². The fraction of sp³-hybridized carbons (Fsp3) is 0.0870. The highest BCUT2D eigenvalue weighted by atomic mass is 31.1. The molecule has 5 heteroatoms. The van der Waals surface area contributed by atoms with Gasteiger partial charge in [-0.1, -0.05) is 65.7 Å². The summed E-state index contributed by atoms with van der Waals surface area (Å²) in [6.45, 7) is 4.07. The Balaban J connectivity index is 1.93. The average Bonchev–Trinajstić information content (AvgIpc) is 3.14. The second-order valence-corrected chi connectivity index (χ2v) is 8.78. The van der Waals surface area contributed by atoms with Gasteiger partial charge >= 0.3 is 0 Å². The van der Waals surface area contributed by atoms with Gasteiger partial charge in [-0.25, -0.2) is 13.8 Å². The molecule has 1 aromatic heterocycles. The maximum absolute atomic E-state index is 14.5. The van der Waals surface area contributed by atoms with Gasteiger partial charge < -0.3 is 0 Å². The van der Waals surface area contributed by atoms with Gasteiger partial charge in [0.25, 0.3) is 0 Å². The standard InChI is InChI=1S/C23H19F2N2P/c1-16-6-10-18(11-7-16)28(19-12-8-17(2)9-13-19)23-26-14-15-27(23)22-20(24)4-3-5-21(22)25/h3-15H,1-2H3. The third kappa shape index (κ3) is 3.48. The van der Waals surface area contributed by atoms with Crippen LogP contribution in [0.15, 0.2) is 79.1 Å². The molecule has 0 saturated heterocycles. The van der Waals surface area contributed by atoms with Crippen LogP contribution in [0, 0.1) is 25.5 Å². The number of hydrogen-bond acceptors (Lipinski definition) is 1. The van der Waals surface area contributed by atoms with Crippen LogP contribution in [0.2, 0.25) is 0 Å². The maximum Gasteiger partial charge on any atom is 0.150 e. The van der Waals surface area contributed by atoms with Crippen LogP contribution >= 0.6 is 7.92 Å². The quantitative estimate of drug-likeness (QED) is 0.467. The van der Waals surface area contributed by atoms with Gasteiger partial charge in [0.05, 0.1) is 0 Å². The molecule has 0 spiro atoms. The van der Waals surface area contributed by atoms with E-state index in [9.17, 15) is 8.78 Å². The van der Waals surface area contributed by atoms with E-state index in [4.69, 9.17) is 0 Å². The van der Waals surface area contributed by atoms with Crippen LogP contribution in [0.4, 0.5) is 8.78 Å². The Labute approximate surface area is 164 Å². The molecule has 0 fully saturated rings. The van der Waals surface area contributed by atoms with Gasteiger partial charge in [-0.15, -0.1) is 0 Å². The van der Waals surface area contributed by atoms with E-state index < -0.39 is 19.6 Å². The van der Waals surface area contributed by atoms with E-state index in [0.717, 1.165) is 21.7 Å². The predicted octanol–water partition coefficient (Wildman–Crippen LogP) is 4.53. The third-order valence-electron chi connectivity index (χ3n) is 4.58. The number of aryl methyl sites for hydroxylation is 2. The molecule has 4 aromatic rings. The number of para-hydroxylation sites is 1. The maximum atomic E-state index is 14.5. The Hall–Kier alpha value is -2.84. The molecule has 140 valence electrons. The van der Waals surface area contributed by atoms with Gasteiger partial charge in [-0.05, 0) is 36.6 Å². The summed E-state index contributed by atoms with van der Waals surface area (Å²) in [5.41, 5.74) is 2.85. The summed E-state index contributed by atoms with van der Waals surface area (Å²) >= 11 is 0. The van der Waals surface area contributed by atoms with Gasteiger partial charge in [0.1, 0.15) is 22.9 Å². The minimum Gasteiger partial charge on any atom is -0.294 e. The van der Waals surface area contributed by atoms with Crippen molar-refractivity contribution < 1.29 is 8.78 Å². The van der Waals surface area contributed by atoms with Crippen molar-refractivity contribution in [3.63, 3.8) is 0 Å². The zero-order chi connectivity index (χ0) is 19.7. The fourth-order valence-corrected chi connectivity index (χ4v) is 5.34. The van der Waals surface area contributed by atoms with Crippen molar-refractivity contribution in [1.29, 1.82) is 0 Å². The van der Waals surface area contributed by atoms with Gasteiger partial charge in [0.15, 0.2) is 0 Å². The van der Waals surface area contributed by atoms with Crippen LogP contribution < -0.4 is 16.2 Å². The Morgan fingerprint density at radius 2 is 1.25 bits per heavy atom. The van der Waals surface area contributed by atoms with Crippen LogP contribution in [-0.2, 0) is 0 Å². The van der Waals surface area contributed by atoms with E-state index in [1.54, 1.807) is 12.4 Å². The number of benzene rings is 3. The summed E-state index contributed by atoms with van der Waals surface area (Å²) in [5, 5.41) is 2.15. The van der Waals surface area contributed by atoms with Crippen molar-refractivity contribution in [2.45, 2.75) is 13.8 Å². The van der Waals surface area contributed by atoms with E-state index in [0.29, 0.717) is 5.57 Å². The Morgan fingerprint density at radius 3 is 1.75 bits per heavy atom. The van der Waals surface area contributed by atoms with E-state index in [-0.39, 0.29) is 5.69 Å². The summed E-state index contributed by atoms with van der Waals surface area (Å²) in [5.74, 6) is -1.22. The number of nitrogens with zero attached hydrogens (tertiary/aromatic N) is 2. The van der Waals surface area contributed by atoms with Crippen molar-refractivity contribution in [1.82, 2.24) is 9.55 Å². The molecule has 0 atom stereocenters. The molecule has 0 radical (unpaired) electrons. The molecule has 0 saturated carbocycles. The van der Waals surface area contributed by atoms with Crippen LogP contribution in [-0.4, -0.2) is 9.55 Å². The summed E-state index contributed by atoms with van der Waals surface area (Å²) in [6.07, 6.45) is 3.22. The molecular weight excluding hydrogens is 373 g/mol. The van der Waals surface area contributed by atoms with Crippen molar-refractivity contribution in [3.05, 3.63) is 102 Å². The molecule has 0 N–H and O–H groups in total. The lowest BCUT2D eigenvalue weighted by Crippen LogP contribution is -2.28. The van der Waals surface area contributed by atoms with Crippen molar-refractivity contribution in [3.8, 4) is 5.69 Å². The Morgan fingerprint density at radius 1 is 0.750 bits per heavy atom. The third-order valence-corrected chi connectivity index (χ3v) is 6.94. The second kappa shape index (κ2) is 7.65. The lowest BCUT2D eigenvalue weighted by molar-refractivity contribution is 0.571. The van der Waals surface area contributed by atoms with Crippen molar-refractivity contribution in [2.75, 3.05) is 0 Å². The first-order valence-electron chi connectivity index (χ1n) is 8.96. The van der Waals surface area contributed by atoms with E-state index in [1.165, 1.54) is 22.8 Å². The van der Waals surface area contributed by atoms with Crippen LogP contribution in [0.3, 0.4) is 0 Å². The molecule has 2 nitrogen and oxygen atoms in total. The molecule has 0 unspecified atom stereocenters. The largest absolute Gasteiger partial charge is 0.294 e. The van der Waals surface area contributed by atoms with Crippen LogP contribution in [0.5, 0.6) is 0 Å². The topological polar surface area (TPSA) is 17.8 Å². The van der Waals surface area contributed by atoms with Crippen LogP contribution in [0.1, 0.15) is 11.1 Å². The SMILES string of the molecule is Cc1ccc(P(c2ccc(C)cc2)c2nccn2-c2c(F)cccc2F)cc1. The second-order valence-electron chi connectivity index (χ2n) is 6.67. The predicted molar refractivity (Wildman–Crippen MR) is 112 cm³/mol. The molecule has 0 amide bonds. The highest BCUT2D eigenvalue weighted by Gasteiger charge is 2.24. The summed E-state index contributed by atoms with van der Waals surface area (Å²) in [4.78, 5) is 4.53. The monoisotopic (exact) mass is 392 g/mol. The first-order chi connectivity index (χ1) is 13.5. The zero-order valence-electron chi connectivity index (χ0n) is 15.6. The first-order valence-corrected chi connectivity index (χ1v) is 10.3. The van der Waals surface area contributed by atoms with Crippen LogP contribution in [0.25, 0.3) is 5.69 Å². The fourth-order valence-electron chi connectivity index (χ4n) is 3.12. The number of hydrogen-bond donors (Lipinski definition) is 0. The number of aromatic nitrogens is 2.